The first kappa shape index (κ1) is 22.1. The number of hydrogen-bond acceptors (Lipinski definition) is 5. The largest absolute Gasteiger partial charge is 0.480 e. The number of rotatable bonds is 9. The molecule has 1 amide bonds. The highest BCUT2D eigenvalue weighted by molar-refractivity contribution is 7.89. The Hall–Kier alpha value is -1.97. The molecule has 2 N–H and O–H groups in total. The minimum atomic E-state index is -3.83. The lowest BCUT2D eigenvalue weighted by Gasteiger charge is -2.22. The second kappa shape index (κ2) is 9.11. The molecule has 1 atom stereocenters. The Morgan fingerprint density at radius 3 is 2.31 bits per heavy atom. The zero-order valence-electron chi connectivity index (χ0n) is 15.4. The molecular formula is C17H26N2O6S. The van der Waals surface area contributed by atoms with Gasteiger partial charge in [-0.2, -0.15) is 4.31 Å². The van der Waals surface area contributed by atoms with Gasteiger partial charge in [-0.25, -0.2) is 13.2 Å². The molecule has 1 unspecified atom stereocenters. The van der Waals surface area contributed by atoms with Crippen LogP contribution in [0.1, 0.15) is 27.2 Å². The van der Waals surface area contributed by atoms with Gasteiger partial charge in [0, 0.05) is 20.1 Å². The molecule has 1 aromatic rings. The summed E-state index contributed by atoms with van der Waals surface area (Å²) in [6, 6.07) is 6.54. The molecule has 0 saturated heterocycles. The molecule has 8 nitrogen and oxygen atoms in total. The van der Waals surface area contributed by atoms with Crippen molar-refractivity contribution >= 4 is 21.9 Å². The van der Waals surface area contributed by atoms with E-state index >= 15 is 0 Å². The standard InChI is InChI=1S/C17H26N2O6S/c1-17(2,3)25-11-10-14(16(21)22)18-15(20)12-19(4)26(23,24)13-8-6-5-7-9-13/h5-9,14H,10-12H2,1-4H3,(H,18,20)(H,21,22). The van der Waals surface area contributed by atoms with Gasteiger partial charge in [0.1, 0.15) is 6.04 Å². The van der Waals surface area contributed by atoms with Gasteiger partial charge in [-0.3, -0.25) is 4.79 Å². The Labute approximate surface area is 154 Å². The summed E-state index contributed by atoms with van der Waals surface area (Å²) in [5.74, 6) is -1.90. The molecule has 0 aliphatic carbocycles. The number of nitrogens with one attached hydrogen (secondary N) is 1. The number of aliphatic carboxylic acids is 1. The summed E-state index contributed by atoms with van der Waals surface area (Å²) < 4.78 is 31.1. The van der Waals surface area contributed by atoms with E-state index < -0.39 is 40.1 Å². The first-order valence-corrected chi connectivity index (χ1v) is 9.55. The van der Waals surface area contributed by atoms with Crippen LogP contribution in [-0.4, -0.2) is 61.5 Å². The SMILES string of the molecule is CN(CC(=O)NC(CCOC(C)(C)C)C(=O)O)S(=O)(=O)c1ccccc1. The van der Waals surface area contributed by atoms with Gasteiger partial charge < -0.3 is 15.2 Å². The van der Waals surface area contributed by atoms with Crippen molar-refractivity contribution in [2.75, 3.05) is 20.2 Å². The van der Waals surface area contributed by atoms with Gasteiger partial charge in [-0.05, 0) is 32.9 Å². The highest BCUT2D eigenvalue weighted by Crippen LogP contribution is 2.13. The van der Waals surface area contributed by atoms with Crippen molar-refractivity contribution in [2.45, 2.75) is 43.7 Å². The number of carboxylic acid groups (broad SMARTS) is 1. The summed E-state index contributed by atoms with van der Waals surface area (Å²) >= 11 is 0. The maximum Gasteiger partial charge on any atom is 0.326 e. The molecule has 0 heterocycles. The van der Waals surface area contributed by atoms with Crippen molar-refractivity contribution in [3.63, 3.8) is 0 Å². The lowest BCUT2D eigenvalue weighted by Crippen LogP contribution is -2.46. The molecule has 1 aromatic carbocycles. The van der Waals surface area contributed by atoms with Crippen LogP contribution in [0.2, 0.25) is 0 Å². The third-order valence-corrected chi connectivity index (χ3v) is 5.21. The third-order valence-electron chi connectivity index (χ3n) is 3.39. The van der Waals surface area contributed by atoms with Crippen molar-refractivity contribution < 1.29 is 27.9 Å². The first-order chi connectivity index (χ1) is 11.9. The fraction of sp³-hybridized carbons (Fsp3) is 0.529. The lowest BCUT2D eigenvalue weighted by atomic mass is 10.2. The van der Waals surface area contributed by atoms with Crippen molar-refractivity contribution in [1.29, 1.82) is 0 Å². The van der Waals surface area contributed by atoms with Gasteiger partial charge in [0.15, 0.2) is 0 Å². The Balaban J connectivity index is 2.66. The van der Waals surface area contributed by atoms with Crippen molar-refractivity contribution in [1.82, 2.24) is 9.62 Å². The lowest BCUT2D eigenvalue weighted by molar-refractivity contribution is -0.142. The van der Waals surface area contributed by atoms with Crippen molar-refractivity contribution in [3.05, 3.63) is 30.3 Å². The molecular weight excluding hydrogens is 360 g/mol. The Morgan fingerprint density at radius 1 is 1.23 bits per heavy atom. The number of benzene rings is 1. The highest BCUT2D eigenvalue weighted by Gasteiger charge is 2.26. The van der Waals surface area contributed by atoms with Gasteiger partial charge in [-0.1, -0.05) is 18.2 Å². The molecule has 0 bridgehead atoms. The van der Waals surface area contributed by atoms with Crippen molar-refractivity contribution in [2.24, 2.45) is 0 Å². The highest BCUT2D eigenvalue weighted by atomic mass is 32.2. The maximum absolute atomic E-state index is 12.4. The summed E-state index contributed by atoms with van der Waals surface area (Å²) in [7, 11) is -2.56. The summed E-state index contributed by atoms with van der Waals surface area (Å²) in [6.45, 7) is 5.18. The topological polar surface area (TPSA) is 113 Å². The van der Waals surface area contributed by atoms with E-state index in [1.807, 2.05) is 20.8 Å². The molecule has 146 valence electrons. The molecule has 0 saturated carbocycles. The number of nitrogens with zero attached hydrogens (tertiary/aromatic N) is 1. The zero-order chi connectivity index (χ0) is 20.0. The molecule has 1 rings (SSSR count). The van der Waals surface area contributed by atoms with E-state index in [2.05, 4.69) is 5.32 Å². The fourth-order valence-electron chi connectivity index (χ4n) is 2.04. The minimum Gasteiger partial charge on any atom is -0.480 e. The zero-order valence-corrected chi connectivity index (χ0v) is 16.2. The predicted octanol–water partition coefficient (Wildman–Crippen LogP) is 1.08. The van der Waals surface area contributed by atoms with Crippen LogP contribution >= 0.6 is 0 Å². The van der Waals surface area contributed by atoms with E-state index in [1.165, 1.54) is 19.2 Å². The van der Waals surface area contributed by atoms with Crippen LogP contribution in [0.3, 0.4) is 0 Å². The molecule has 0 aliphatic rings. The van der Waals surface area contributed by atoms with Crippen LogP contribution in [0, 0.1) is 0 Å². The predicted molar refractivity (Wildman–Crippen MR) is 96.1 cm³/mol. The molecule has 0 fully saturated rings. The van der Waals surface area contributed by atoms with E-state index in [0.29, 0.717) is 0 Å². The quantitative estimate of drug-likeness (QED) is 0.657. The van der Waals surface area contributed by atoms with Gasteiger partial charge in [0.25, 0.3) is 0 Å². The Bertz CT molecular complexity index is 713. The van der Waals surface area contributed by atoms with Gasteiger partial charge in [0.2, 0.25) is 15.9 Å². The molecule has 0 radical (unpaired) electrons. The number of likely N-dealkylation sites (N-methyl/N-ethyl adjacent to an activating group) is 1. The van der Waals surface area contributed by atoms with Crippen LogP contribution in [0.5, 0.6) is 0 Å². The van der Waals surface area contributed by atoms with Crippen LogP contribution < -0.4 is 5.32 Å². The van der Waals surface area contributed by atoms with Gasteiger partial charge in [0.05, 0.1) is 17.0 Å². The summed E-state index contributed by atoms with van der Waals surface area (Å²) in [5.41, 5.74) is -0.420. The Morgan fingerprint density at radius 2 is 1.81 bits per heavy atom. The van der Waals surface area contributed by atoms with E-state index in [4.69, 9.17) is 4.74 Å². The number of sulfonamides is 1. The van der Waals surface area contributed by atoms with Gasteiger partial charge >= 0.3 is 5.97 Å². The second-order valence-electron chi connectivity index (χ2n) is 6.78. The fourth-order valence-corrected chi connectivity index (χ4v) is 3.19. The van der Waals surface area contributed by atoms with E-state index in [-0.39, 0.29) is 17.9 Å². The number of amides is 1. The van der Waals surface area contributed by atoms with Crippen molar-refractivity contribution in [3.8, 4) is 0 Å². The van der Waals surface area contributed by atoms with E-state index in [9.17, 15) is 23.1 Å². The summed E-state index contributed by atoms with van der Waals surface area (Å²) in [4.78, 5) is 23.4. The van der Waals surface area contributed by atoms with Gasteiger partial charge in [-0.15, -0.1) is 0 Å². The molecule has 0 aromatic heterocycles. The van der Waals surface area contributed by atoms with Crippen LogP contribution in [0.25, 0.3) is 0 Å². The number of ether oxygens (including phenoxy) is 1. The third kappa shape index (κ3) is 7.11. The number of hydrogen-bond donors (Lipinski definition) is 2. The average molecular weight is 386 g/mol. The first-order valence-electron chi connectivity index (χ1n) is 8.11. The average Bonchev–Trinajstić information content (AvgIpc) is 2.53. The van der Waals surface area contributed by atoms with E-state index in [1.54, 1.807) is 18.2 Å². The molecule has 9 heteroatoms. The maximum atomic E-state index is 12.4. The molecule has 0 spiro atoms. The number of carboxylic acids is 1. The second-order valence-corrected chi connectivity index (χ2v) is 8.83. The monoisotopic (exact) mass is 386 g/mol. The smallest absolute Gasteiger partial charge is 0.326 e. The summed E-state index contributed by atoms with van der Waals surface area (Å²) in [5, 5.41) is 11.6. The van der Waals surface area contributed by atoms with Crippen LogP contribution in [0.4, 0.5) is 0 Å². The minimum absolute atomic E-state index is 0.0589. The van der Waals surface area contributed by atoms with E-state index in [0.717, 1.165) is 4.31 Å². The van der Waals surface area contributed by atoms with Crippen LogP contribution in [-0.2, 0) is 24.3 Å². The number of carbonyl (C=O) groups is 2. The Kier molecular flexibility index (Phi) is 7.73. The molecule has 0 aliphatic heterocycles. The molecule has 26 heavy (non-hydrogen) atoms. The van der Waals surface area contributed by atoms with Crippen LogP contribution in [0.15, 0.2) is 35.2 Å². The summed E-state index contributed by atoms with van der Waals surface area (Å²) in [6.07, 6.45) is 0.0769. The number of carbonyl (C=O) groups excluding carboxylic acids is 1. The normalized spacial score (nSPS) is 13.4.